The van der Waals surface area contributed by atoms with Crippen LogP contribution in [-0.2, 0) is 7.05 Å². The Morgan fingerprint density at radius 1 is 1.58 bits per heavy atom. The molecule has 5 nitrogen and oxygen atoms in total. The summed E-state index contributed by atoms with van der Waals surface area (Å²) in [6.07, 6.45) is -0.512. The Morgan fingerprint density at radius 3 is 2.84 bits per heavy atom. The molecule has 0 aliphatic heterocycles. The Labute approximate surface area is 116 Å². The predicted octanol–water partition coefficient (Wildman–Crippen LogP) is 1.69. The van der Waals surface area contributed by atoms with Gasteiger partial charge < -0.3 is 10.4 Å². The first-order chi connectivity index (χ1) is 8.90. The minimum atomic E-state index is -0.512. The number of hydrogen-bond donors (Lipinski definition) is 2. The van der Waals surface area contributed by atoms with Crippen LogP contribution < -0.4 is 5.32 Å². The van der Waals surface area contributed by atoms with Gasteiger partial charge in [0.15, 0.2) is 0 Å². The average Bonchev–Trinajstić information content (AvgIpc) is 2.89. The van der Waals surface area contributed by atoms with Gasteiger partial charge in [-0.2, -0.15) is 5.10 Å². The molecule has 6 heteroatoms. The molecule has 2 aromatic rings. The minimum absolute atomic E-state index is 0.133. The molecular formula is C13H19N3O2S. The van der Waals surface area contributed by atoms with E-state index in [-0.39, 0.29) is 18.4 Å². The first-order valence-corrected chi connectivity index (χ1v) is 7.11. The first kappa shape index (κ1) is 14.0. The molecule has 0 radical (unpaired) electrons. The van der Waals surface area contributed by atoms with Crippen LogP contribution in [0.25, 0.3) is 10.2 Å². The van der Waals surface area contributed by atoms with Gasteiger partial charge in [0.1, 0.15) is 4.83 Å². The lowest BCUT2D eigenvalue weighted by Crippen LogP contribution is -2.34. The fourth-order valence-corrected chi connectivity index (χ4v) is 2.88. The van der Waals surface area contributed by atoms with Crippen LogP contribution in [0, 0.1) is 12.8 Å². The average molecular weight is 281 g/mol. The van der Waals surface area contributed by atoms with Crippen molar-refractivity contribution in [3.63, 3.8) is 0 Å². The number of aryl methyl sites for hydroxylation is 2. The highest BCUT2D eigenvalue weighted by atomic mass is 32.1. The van der Waals surface area contributed by atoms with Crippen molar-refractivity contribution in [3.8, 4) is 0 Å². The third kappa shape index (κ3) is 2.79. The summed E-state index contributed by atoms with van der Waals surface area (Å²) >= 11 is 1.42. The van der Waals surface area contributed by atoms with E-state index in [1.165, 1.54) is 11.3 Å². The minimum Gasteiger partial charge on any atom is -0.391 e. The largest absolute Gasteiger partial charge is 0.391 e. The summed E-state index contributed by atoms with van der Waals surface area (Å²) < 4.78 is 1.79. The van der Waals surface area contributed by atoms with Crippen LogP contribution in [-0.4, -0.2) is 33.4 Å². The SMILES string of the molecule is Cc1nn(C)c2sc(C(=O)NCC(O)C(C)C)cc12. The summed E-state index contributed by atoms with van der Waals surface area (Å²) in [6, 6.07) is 1.86. The molecule has 1 atom stereocenters. The van der Waals surface area contributed by atoms with Crippen molar-refractivity contribution in [2.75, 3.05) is 6.54 Å². The highest BCUT2D eigenvalue weighted by Gasteiger charge is 2.16. The van der Waals surface area contributed by atoms with E-state index in [1.54, 1.807) is 4.68 Å². The van der Waals surface area contributed by atoms with Gasteiger partial charge in [-0.1, -0.05) is 13.8 Å². The van der Waals surface area contributed by atoms with Gasteiger partial charge in [-0.05, 0) is 18.9 Å². The molecule has 19 heavy (non-hydrogen) atoms. The summed E-state index contributed by atoms with van der Waals surface area (Å²) in [4.78, 5) is 13.7. The maximum atomic E-state index is 12.0. The zero-order chi connectivity index (χ0) is 14.2. The number of aliphatic hydroxyl groups excluding tert-OH is 1. The van der Waals surface area contributed by atoms with Crippen LogP contribution in [0.2, 0.25) is 0 Å². The standard InChI is InChI=1S/C13H19N3O2S/c1-7(2)10(17)6-14-12(18)11-5-9-8(3)15-16(4)13(9)19-11/h5,7,10,17H,6H2,1-4H3,(H,14,18). The molecule has 2 rings (SSSR count). The van der Waals surface area contributed by atoms with E-state index in [9.17, 15) is 9.90 Å². The van der Waals surface area contributed by atoms with E-state index in [2.05, 4.69) is 10.4 Å². The molecule has 0 aliphatic carbocycles. The Hall–Kier alpha value is -1.40. The second-order valence-corrected chi connectivity index (χ2v) is 6.09. The van der Waals surface area contributed by atoms with E-state index >= 15 is 0 Å². The molecule has 0 spiro atoms. The number of carbonyl (C=O) groups excluding carboxylic acids is 1. The molecule has 1 unspecified atom stereocenters. The first-order valence-electron chi connectivity index (χ1n) is 6.29. The number of thiophene rings is 1. The monoisotopic (exact) mass is 281 g/mol. The van der Waals surface area contributed by atoms with Gasteiger partial charge in [0.05, 0.1) is 16.7 Å². The highest BCUT2D eigenvalue weighted by molar-refractivity contribution is 7.20. The maximum absolute atomic E-state index is 12.0. The molecule has 0 aromatic carbocycles. The van der Waals surface area contributed by atoms with Crippen molar-refractivity contribution < 1.29 is 9.90 Å². The van der Waals surface area contributed by atoms with Gasteiger partial charge in [0.2, 0.25) is 0 Å². The summed E-state index contributed by atoms with van der Waals surface area (Å²) in [7, 11) is 1.87. The highest BCUT2D eigenvalue weighted by Crippen LogP contribution is 2.27. The number of amides is 1. The molecule has 104 valence electrons. The number of carbonyl (C=O) groups is 1. The van der Waals surface area contributed by atoms with Crippen LogP contribution in [0.15, 0.2) is 6.07 Å². The number of rotatable bonds is 4. The molecule has 0 saturated carbocycles. The van der Waals surface area contributed by atoms with Crippen LogP contribution in [0.3, 0.4) is 0 Å². The molecule has 0 fully saturated rings. The Morgan fingerprint density at radius 2 is 2.26 bits per heavy atom. The fourth-order valence-electron chi connectivity index (χ4n) is 1.84. The Balaban J connectivity index is 2.11. The molecule has 2 aromatic heterocycles. The van der Waals surface area contributed by atoms with Gasteiger partial charge in [0.25, 0.3) is 5.91 Å². The van der Waals surface area contributed by atoms with E-state index in [1.807, 2.05) is 33.9 Å². The van der Waals surface area contributed by atoms with E-state index in [0.717, 1.165) is 15.9 Å². The number of nitrogens with one attached hydrogen (secondary N) is 1. The van der Waals surface area contributed by atoms with Gasteiger partial charge in [-0.15, -0.1) is 11.3 Å². The van der Waals surface area contributed by atoms with Crippen LogP contribution >= 0.6 is 11.3 Å². The lowest BCUT2D eigenvalue weighted by molar-refractivity contribution is 0.0875. The number of fused-ring (bicyclic) bond motifs is 1. The molecule has 2 heterocycles. The quantitative estimate of drug-likeness (QED) is 0.896. The van der Waals surface area contributed by atoms with Gasteiger partial charge in [-0.3, -0.25) is 9.48 Å². The van der Waals surface area contributed by atoms with Gasteiger partial charge >= 0.3 is 0 Å². The molecule has 2 N–H and O–H groups in total. The predicted molar refractivity (Wildman–Crippen MR) is 76.5 cm³/mol. The number of hydrogen-bond acceptors (Lipinski definition) is 4. The number of nitrogens with zero attached hydrogens (tertiary/aromatic N) is 2. The second kappa shape index (κ2) is 5.30. The summed E-state index contributed by atoms with van der Waals surface area (Å²) in [5, 5.41) is 17.8. The third-order valence-electron chi connectivity index (χ3n) is 3.16. The number of aromatic nitrogens is 2. The second-order valence-electron chi connectivity index (χ2n) is 5.06. The fraction of sp³-hybridized carbons (Fsp3) is 0.538. The van der Waals surface area contributed by atoms with E-state index in [0.29, 0.717) is 4.88 Å². The Bertz CT molecular complexity index is 566. The normalized spacial score (nSPS) is 13.2. The van der Waals surface area contributed by atoms with Crippen molar-refractivity contribution >= 4 is 27.5 Å². The smallest absolute Gasteiger partial charge is 0.261 e. The van der Waals surface area contributed by atoms with Crippen molar-refractivity contribution in [3.05, 3.63) is 16.6 Å². The molecule has 0 bridgehead atoms. The zero-order valence-electron chi connectivity index (χ0n) is 11.6. The van der Waals surface area contributed by atoms with Crippen molar-refractivity contribution in [1.29, 1.82) is 0 Å². The lowest BCUT2D eigenvalue weighted by atomic mass is 10.1. The van der Waals surface area contributed by atoms with E-state index in [4.69, 9.17) is 0 Å². The van der Waals surface area contributed by atoms with Crippen molar-refractivity contribution in [2.45, 2.75) is 26.9 Å². The zero-order valence-corrected chi connectivity index (χ0v) is 12.4. The summed E-state index contributed by atoms with van der Waals surface area (Å²) in [5.74, 6) is -0.00514. The summed E-state index contributed by atoms with van der Waals surface area (Å²) in [6.45, 7) is 6.05. The van der Waals surface area contributed by atoms with Crippen molar-refractivity contribution in [1.82, 2.24) is 15.1 Å². The molecular weight excluding hydrogens is 262 g/mol. The maximum Gasteiger partial charge on any atom is 0.261 e. The van der Waals surface area contributed by atoms with Crippen LogP contribution in [0.4, 0.5) is 0 Å². The third-order valence-corrected chi connectivity index (χ3v) is 4.36. The van der Waals surface area contributed by atoms with E-state index < -0.39 is 6.10 Å². The van der Waals surface area contributed by atoms with Crippen molar-refractivity contribution in [2.24, 2.45) is 13.0 Å². The van der Waals surface area contributed by atoms with Crippen LogP contribution in [0.5, 0.6) is 0 Å². The van der Waals surface area contributed by atoms with Gasteiger partial charge in [0, 0.05) is 19.0 Å². The Kier molecular flexibility index (Phi) is 3.91. The molecule has 0 saturated heterocycles. The van der Waals surface area contributed by atoms with Crippen LogP contribution in [0.1, 0.15) is 29.2 Å². The lowest BCUT2D eigenvalue weighted by Gasteiger charge is -2.14. The molecule has 0 aliphatic rings. The topological polar surface area (TPSA) is 67.2 Å². The number of aliphatic hydroxyl groups is 1. The van der Waals surface area contributed by atoms with Gasteiger partial charge in [-0.25, -0.2) is 0 Å². The summed E-state index contributed by atoms with van der Waals surface area (Å²) in [5.41, 5.74) is 0.926. The molecule has 1 amide bonds.